The summed E-state index contributed by atoms with van der Waals surface area (Å²) >= 11 is 7.21. The first-order valence-electron chi connectivity index (χ1n) is 16.8. The molecule has 3 aliphatic rings. The van der Waals surface area contributed by atoms with Crippen LogP contribution in [-0.4, -0.2) is 16.0 Å². The summed E-state index contributed by atoms with van der Waals surface area (Å²) in [6.45, 7) is 0.921. The lowest BCUT2D eigenvalue weighted by atomic mass is 9.91. The first kappa shape index (κ1) is 35.3. The lowest BCUT2D eigenvalue weighted by molar-refractivity contribution is 0.396. The van der Waals surface area contributed by atoms with Crippen molar-refractivity contribution in [3.63, 3.8) is 0 Å². The summed E-state index contributed by atoms with van der Waals surface area (Å²) in [5.74, 6) is 0. The minimum Gasteiger partial charge on any atom is -0.357 e. The van der Waals surface area contributed by atoms with Crippen molar-refractivity contribution in [1.82, 2.24) is 20.6 Å². The Balaban J connectivity index is 0.000000161. The summed E-state index contributed by atoms with van der Waals surface area (Å²) in [6.07, 6.45) is 9.64. The van der Waals surface area contributed by atoms with E-state index in [0.29, 0.717) is 18.1 Å². The predicted molar refractivity (Wildman–Crippen MR) is 212 cm³/mol. The van der Waals surface area contributed by atoms with Gasteiger partial charge in [-0.15, -0.1) is 24.8 Å². The number of nitrogens with one attached hydrogen (secondary N) is 4. The minimum absolute atomic E-state index is 0. The third-order valence-electron chi connectivity index (χ3n) is 10.2. The van der Waals surface area contributed by atoms with Gasteiger partial charge in [-0.25, -0.2) is 0 Å². The minimum atomic E-state index is 0. The predicted octanol–water partition coefficient (Wildman–Crippen LogP) is 11.0. The van der Waals surface area contributed by atoms with Crippen LogP contribution < -0.4 is 10.6 Å². The molecule has 0 saturated heterocycles. The molecule has 8 heteroatoms. The van der Waals surface area contributed by atoms with E-state index in [4.69, 9.17) is 0 Å². The molecule has 3 aliphatic carbocycles. The second kappa shape index (κ2) is 15.5. The molecule has 48 heavy (non-hydrogen) atoms. The van der Waals surface area contributed by atoms with Crippen LogP contribution in [0.2, 0.25) is 0 Å². The largest absolute Gasteiger partial charge is 0.357 e. The van der Waals surface area contributed by atoms with Gasteiger partial charge < -0.3 is 20.6 Å². The number of halogens is 4. The highest BCUT2D eigenvalue weighted by atomic mass is 79.9. The number of fused-ring (bicyclic) bond motifs is 7. The molecular formula is C40H42Br2Cl2N4. The quantitative estimate of drug-likeness (QED) is 0.140. The van der Waals surface area contributed by atoms with Crippen molar-refractivity contribution < 1.29 is 0 Å². The Morgan fingerprint density at radius 3 is 1.73 bits per heavy atom. The standard InChI is InChI=1S/C21H21BrN2.C19H19BrN2.2ClH/c22-15-8-9-19-18(12-15)17-6-3-7-20(21(17)24-19)23-16-10-13-4-1-2-5-14(13)11-16;20-14-9-10-17-16(11-14)15-7-4-8-18(19(15)22-17)21-12-13-5-2-1-3-6-13;;/h1-2,4-5,8-9,12,16,20,23-24H,3,6-7,10-11H2;1-3,5-6,9-11,18,21-22H,4,7-8,12H2;2*1H/t20-;;;/m0.../s1. The van der Waals surface area contributed by atoms with Gasteiger partial charge >= 0.3 is 0 Å². The molecule has 1 unspecified atom stereocenters. The van der Waals surface area contributed by atoms with Crippen LogP contribution in [0.1, 0.15) is 77.0 Å². The fourth-order valence-electron chi connectivity index (χ4n) is 8.04. The van der Waals surface area contributed by atoms with E-state index in [0.717, 1.165) is 28.3 Å². The molecule has 0 saturated carbocycles. The third-order valence-corrected chi connectivity index (χ3v) is 11.2. The lowest BCUT2D eigenvalue weighted by Crippen LogP contribution is -2.35. The van der Waals surface area contributed by atoms with Crippen LogP contribution in [0.3, 0.4) is 0 Å². The Morgan fingerprint density at radius 2 is 1.15 bits per heavy atom. The van der Waals surface area contributed by atoms with E-state index < -0.39 is 0 Å². The van der Waals surface area contributed by atoms with E-state index in [1.54, 1.807) is 0 Å². The van der Waals surface area contributed by atoms with Crippen LogP contribution in [0.4, 0.5) is 0 Å². The average molecular weight is 810 g/mol. The first-order chi connectivity index (χ1) is 22.6. The summed E-state index contributed by atoms with van der Waals surface area (Å²) in [5, 5.41) is 10.4. The molecule has 2 atom stereocenters. The molecule has 9 rings (SSSR count). The molecule has 2 heterocycles. The van der Waals surface area contributed by atoms with Crippen molar-refractivity contribution in [1.29, 1.82) is 0 Å². The number of aromatic amines is 2. The van der Waals surface area contributed by atoms with E-state index in [-0.39, 0.29) is 24.8 Å². The van der Waals surface area contributed by atoms with Gasteiger partial charge in [0.1, 0.15) is 0 Å². The van der Waals surface area contributed by atoms with Crippen LogP contribution in [0.15, 0.2) is 99.9 Å². The molecule has 0 radical (unpaired) electrons. The highest BCUT2D eigenvalue weighted by molar-refractivity contribution is 9.10. The number of H-pyrrole nitrogens is 2. The van der Waals surface area contributed by atoms with Crippen LogP contribution in [0.25, 0.3) is 21.8 Å². The zero-order valence-electron chi connectivity index (χ0n) is 26.8. The van der Waals surface area contributed by atoms with Gasteiger partial charge in [-0.05, 0) is 116 Å². The highest BCUT2D eigenvalue weighted by Crippen LogP contribution is 2.38. The van der Waals surface area contributed by atoms with Crippen molar-refractivity contribution in [2.75, 3.05) is 0 Å². The maximum atomic E-state index is 3.95. The second-order valence-corrected chi connectivity index (χ2v) is 15.0. The molecule has 0 bridgehead atoms. The number of aryl methyl sites for hydroxylation is 2. The monoisotopic (exact) mass is 806 g/mol. The van der Waals surface area contributed by atoms with Gasteiger partial charge in [0.2, 0.25) is 0 Å². The normalized spacial score (nSPS) is 18.2. The number of benzene rings is 4. The summed E-state index contributed by atoms with van der Waals surface area (Å²) in [6, 6.07) is 34.1. The van der Waals surface area contributed by atoms with Gasteiger partial charge in [0.25, 0.3) is 0 Å². The Bertz CT molecular complexity index is 1980. The van der Waals surface area contributed by atoms with Crippen molar-refractivity contribution >= 4 is 78.5 Å². The van der Waals surface area contributed by atoms with E-state index in [2.05, 4.69) is 143 Å². The van der Waals surface area contributed by atoms with Crippen LogP contribution in [0, 0.1) is 0 Å². The maximum Gasteiger partial charge on any atom is 0.0478 e. The van der Waals surface area contributed by atoms with E-state index in [1.807, 2.05) is 0 Å². The lowest BCUT2D eigenvalue weighted by Gasteiger charge is -2.27. The maximum absolute atomic E-state index is 3.95. The van der Waals surface area contributed by atoms with E-state index >= 15 is 0 Å². The Hall–Kier alpha value is -2.58. The zero-order chi connectivity index (χ0) is 31.0. The number of hydrogen-bond donors (Lipinski definition) is 4. The van der Waals surface area contributed by atoms with Crippen LogP contribution >= 0.6 is 56.7 Å². The highest BCUT2D eigenvalue weighted by Gasteiger charge is 2.29. The SMILES string of the molecule is Brc1ccc2[nH]c3c(c2c1)CCCC3NCc1ccccc1.Brc1ccc2[nH]c3c(c2c1)CCC[C@@H]3NC1Cc2ccccc2C1.Cl.Cl. The van der Waals surface area contributed by atoms with Crippen molar-refractivity contribution in [3.05, 3.63) is 139 Å². The van der Waals surface area contributed by atoms with Crippen molar-refractivity contribution in [2.45, 2.75) is 76.0 Å². The van der Waals surface area contributed by atoms with Gasteiger partial charge in [0.05, 0.1) is 0 Å². The molecule has 0 spiro atoms. The molecular weight excluding hydrogens is 767 g/mol. The first-order valence-corrected chi connectivity index (χ1v) is 18.4. The molecule has 0 aliphatic heterocycles. The summed E-state index contributed by atoms with van der Waals surface area (Å²) in [5.41, 5.74) is 12.7. The van der Waals surface area contributed by atoms with Gasteiger partial charge in [-0.1, -0.05) is 86.5 Å². The van der Waals surface area contributed by atoms with E-state index in [9.17, 15) is 0 Å². The fraction of sp³-hybridized carbons (Fsp3) is 0.300. The van der Waals surface area contributed by atoms with Crippen LogP contribution in [-0.2, 0) is 32.2 Å². The van der Waals surface area contributed by atoms with Gasteiger partial charge in [-0.2, -0.15) is 0 Å². The topological polar surface area (TPSA) is 55.6 Å². The molecule has 4 nitrogen and oxygen atoms in total. The van der Waals surface area contributed by atoms with Crippen LogP contribution in [0.5, 0.6) is 0 Å². The van der Waals surface area contributed by atoms with Gasteiger partial charge in [0.15, 0.2) is 0 Å². The number of aromatic nitrogens is 2. The molecule has 0 fully saturated rings. The number of hydrogen-bond acceptors (Lipinski definition) is 2. The van der Waals surface area contributed by atoms with E-state index in [1.165, 1.54) is 99.5 Å². The smallest absolute Gasteiger partial charge is 0.0478 e. The molecule has 4 N–H and O–H groups in total. The van der Waals surface area contributed by atoms with Crippen molar-refractivity contribution in [3.8, 4) is 0 Å². The Morgan fingerprint density at radius 1 is 0.625 bits per heavy atom. The molecule has 4 aromatic carbocycles. The second-order valence-electron chi connectivity index (χ2n) is 13.2. The fourth-order valence-corrected chi connectivity index (χ4v) is 8.76. The summed E-state index contributed by atoms with van der Waals surface area (Å²) < 4.78 is 2.32. The van der Waals surface area contributed by atoms with Gasteiger partial charge in [-0.3, -0.25) is 0 Å². The molecule has 6 aromatic rings. The third kappa shape index (κ3) is 7.31. The Labute approximate surface area is 312 Å². The van der Waals surface area contributed by atoms with Gasteiger partial charge in [0, 0.05) is 66.8 Å². The molecule has 2 aromatic heterocycles. The summed E-state index contributed by atoms with van der Waals surface area (Å²) in [7, 11) is 0. The average Bonchev–Trinajstić information content (AvgIpc) is 3.78. The molecule has 0 amide bonds. The zero-order valence-corrected chi connectivity index (χ0v) is 31.6. The number of rotatable bonds is 5. The molecule has 250 valence electrons. The Kier molecular flexibility index (Phi) is 11.4. The van der Waals surface area contributed by atoms with Crippen molar-refractivity contribution in [2.24, 2.45) is 0 Å². The summed E-state index contributed by atoms with van der Waals surface area (Å²) in [4.78, 5) is 7.35.